The van der Waals surface area contributed by atoms with Crippen molar-refractivity contribution in [1.82, 2.24) is 10.0 Å². The molecule has 1 unspecified atom stereocenters. The van der Waals surface area contributed by atoms with Gasteiger partial charge in [-0.25, -0.2) is 13.1 Å². The van der Waals surface area contributed by atoms with Crippen molar-refractivity contribution < 1.29 is 13.2 Å². The molecule has 1 amide bonds. The van der Waals surface area contributed by atoms with Crippen molar-refractivity contribution >= 4 is 15.9 Å². The van der Waals surface area contributed by atoms with Gasteiger partial charge in [0, 0.05) is 5.54 Å². The van der Waals surface area contributed by atoms with Gasteiger partial charge in [0.25, 0.3) is 0 Å². The molecule has 2 N–H and O–H groups in total. The fourth-order valence-electron chi connectivity index (χ4n) is 2.34. The predicted molar refractivity (Wildman–Crippen MR) is 82.4 cm³/mol. The van der Waals surface area contributed by atoms with Gasteiger partial charge in [0.1, 0.15) is 0 Å². The summed E-state index contributed by atoms with van der Waals surface area (Å²) in [4.78, 5) is 12.1. The number of hydrogen-bond acceptors (Lipinski definition) is 3. The van der Waals surface area contributed by atoms with Crippen LogP contribution in [0.2, 0.25) is 0 Å². The van der Waals surface area contributed by atoms with E-state index in [0.29, 0.717) is 0 Å². The van der Waals surface area contributed by atoms with Crippen molar-refractivity contribution in [2.75, 3.05) is 6.26 Å². The number of amides is 1. The molecule has 6 heteroatoms. The molecule has 0 radical (unpaired) electrons. The molecule has 0 saturated heterocycles. The molecule has 1 aromatic rings. The first-order valence-corrected chi connectivity index (χ1v) is 8.93. The highest BCUT2D eigenvalue weighted by Gasteiger charge is 2.44. The molecule has 0 spiro atoms. The molecule has 0 aromatic heterocycles. The minimum absolute atomic E-state index is 0.209. The summed E-state index contributed by atoms with van der Waals surface area (Å²) in [5, 5.41) is 2.99. The number of carbonyl (C=O) groups excluding carboxylic acids is 1. The van der Waals surface area contributed by atoms with Gasteiger partial charge in [-0.3, -0.25) is 4.79 Å². The van der Waals surface area contributed by atoms with Crippen molar-refractivity contribution in [3.63, 3.8) is 0 Å². The summed E-state index contributed by atoms with van der Waals surface area (Å²) >= 11 is 0. The molecular formula is C15H22N2O3S. The molecule has 21 heavy (non-hydrogen) atoms. The molecule has 1 atom stereocenters. The topological polar surface area (TPSA) is 75.3 Å². The Morgan fingerprint density at radius 2 is 1.86 bits per heavy atom. The number of sulfonamides is 1. The fraction of sp³-hybridized carbons (Fsp3) is 0.533. The van der Waals surface area contributed by atoms with Crippen LogP contribution in [0.4, 0.5) is 0 Å². The first-order valence-electron chi connectivity index (χ1n) is 7.04. The van der Waals surface area contributed by atoms with Crippen LogP contribution in [0.3, 0.4) is 0 Å². The van der Waals surface area contributed by atoms with Crippen molar-refractivity contribution in [3.05, 3.63) is 35.4 Å². The van der Waals surface area contributed by atoms with Crippen LogP contribution in [0.5, 0.6) is 0 Å². The van der Waals surface area contributed by atoms with Crippen LogP contribution in [0.1, 0.15) is 30.9 Å². The second-order valence-corrected chi connectivity index (χ2v) is 7.82. The van der Waals surface area contributed by atoms with E-state index >= 15 is 0 Å². The summed E-state index contributed by atoms with van der Waals surface area (Å²) in [5.41, 5.74) is 2.18. The minimum Gasteiger partial charge on any atom is -0.349 e. The number of aryl methyl sites for hydroxylation is 1. The van der Waals surface area contributed by atoms with E-state index in [1.807, 2.05) is 6.92 Å². The second-order valence-electron chi connectivity index (χ2n) is 6.04. The Morgan fingerprint density at radius 3 is 2.33 bits per heavy atom. The van der Waals surface area contributed by atoms with Crippen LogP contribution in [0, 0.1) is 6.92 Å². The van der Waals surface area contributed by atoms with Gasteiger partial charge in [-0.2, -0.15) is 0 Å². The maximum absolute atomic E-state index is 12.1. The highest BCUT2D eigenvalue weighted by Crippen LogP contribution is 2.38. The zero-order chi connectivity index (χ0) is 15.7. The Balaban J connectivity index is 1.95. The maximum Gasteiger partial charge on any atom is 0.238 e. The molecule has 1 fully saturated rings. The number of nitrogens with one attached hydrogen (secondary N) is 2. The van der Waals surface area contributed by atoms with Gasteiger partial charge in [-0.1, -0.05) is 29.8 Å². The largest absolute Gasteiger partial charge is 0.349 e. The summed E-state index contributed by atoms with van der Waals surface area (Å²) in [6.45, 7) is 3.59. The monoisotopic (exact) mass is 310 g/mol. The predicted octanol–water partition coefficient (Wildman–Crippen LogP) is 1.12. The van der Waals surface area contributed by atoms with Gasteiger partial charge in [0.2, 0.25) is 15.9 Å². The smallest absolute Gasteiger partial charge is 0.238 e. The molecule has 1 saturated carbocycles. The standard InChI is InChI=1S/C15H22N2O3S/c1-11-4-6-13(7-5-11)10-15(8-9-15)16-14(18)12(2)17-21(3,19)20/h4-7,12,17H,8-10H2,1-3H3,(H,16,18). The molecule has 0 heterocycles. The molecule has 5 nitrogen and oxygen atoms in total. The third kappa shape index (κ3) is 4.82. The molecule has 1 aliphatic carbocycles. The number of benzene rings is 1. The van der Waals surface area contributed by atoms with Gasteiger partial charge in [0.15, 0.2) is 0 Å². The van der Waals surface area contributed by atoms with Crippen LogP contribution in [-0.4, -0.2) is 32.2 Å². The third-order valence-electron chi connectivity index (χ3n) is 3.69. The quantitative estimate of drug-likeness (QED) is 0.827. The van der Waals surface area contributed by atoms with E-state index in [1.165, 1.54) is 11.1 Å². The Morgan fingerprint density at radius 1 is 1.29 bits per heavy atom. The van der Waals surface area contributed by atoms with Crippen LogP contribution in [-0.2, 0) is 21.2 Å². The van der Waals surface area contributed by atoms with E-state index in [-0.39, 0.29) is 11.4 Å². The Bertz CT molecular complexity index is 619. The third-order valence-corrected chi connectivity index (χ3v) is 4.47. The van der Waals surface area contributed by atoms with Gasteiger partial charge in [-0.05, 0) is 38.7 Å². The van der Waals surface area contributed by atoms with E-state index in [0.717, 1.165) is 25.5 Å². The second kappa shape index (κ2) is 5.77. The van der Waals surface area contributed by atoms with Crippen molar-refractivity contribution in [1.29, 1.82) is 0 Å². The number of hydrogen-bond donors (Lipinski definition) is 2. The molecule has 116 valence electrons. The van der Waals surface area contributed by atoms with E-state index in [4.69, 9.17) is 0 Å². The lowest BCUT2D eigenvalue weighted by Gasteiger charge is -2.20. The lowest BCUT2D eigenvalue weighted by Crippen LogP contribution is -2.49. The minimum atomic E-state index is -3.38. The van der Waals surface area contributed by atoms with Crippen LogP contribution in [0.25, 0.3) is 0 Å². The van der Waals surface area contributed by atoms with E-state index < -0.39 is 16.1 Å². The molecular weight excluding hydrogens is 288 g/mol. The number of carbonyl (C=O) groups is 1. The highest BCUT2D eigenvalue weighted by molar-refractivity contribution is 7.88. The van der Waals surface area contributed by atoms with Crippen LogP contribution in [0.15, 0.2) is 24.3 Å². The summed E-state index contributed by atoms with van der Waals surface area (Å²) < 4.78 is 24.6. The van der Waals surface area contributed by atoms with Gasteiger partial charge in [-0.15, -0.1) is 0 Å². The van der Waals surface area contributed by atoms with E-state index in [1.54, 1.807) is 6.92 Å². The van der Waals surface area contributed by atoms with Gasteiger partial charge in [0.05, 0.1) is 12.3 Å². The lowest BCUT2D eigenvalue weighted by atomic mass is 10.0. The fourth-order valence-corrected chi connectivity index (χ4v) is 3.09. The summed E-state index contributed by atoms with van der Waals surface area (Å²) in [6.07, 6.45) is 3.69. The molecule has 0 bridgehead atoms. The summed E-state index contributed by atoms with van der Waals surface area (Å²) in [6, 6.07) is 7.50. The zero-order valence-corrected chi connectivity index (χ0v) is 13.5. The van der Waals surface area contributed by atoms with Crippen molar-refractivity contribution in [3.8, 4) is 0 Å². The zero-order valence-electron chi connectivity index (χ0n) is 12.6. The molecule has 1 aliphatic rings. The van der Waals surface area contributed by atoms with Crippen LogP contribution < -0.4 is 10.0 Å². The van der Waals surface area contributed by atoms with E-state index in [2.05, 4.69) is 34.3 Å². The van der Waals surface area contributed by atoms with Crippen LogP contribution >= 0.6 is 0 Å². The van der Waals surface area contributed by atoms with Gasteiger partial charge < -0.3 is 5.32 Å². The maximum atomic E-state index is 12.1. The Hall–Kier alpha value is -1.40. The average molecular weight is 310 g/mol. The molecule has 0 aliphatic heterocycles. The van der Waals surface area contributed by atoms with Crippen molar-refractivity contribution in [2.24, 2.45) is 0 Å². The van der Waals surface area contributed by atoms with E-state index in [9.17, 15) is 13.2 Å². The summed E-state index contributed by atoms with van der Waals surface area (Å²) in [5.74, 6) is -0.273. The number of rotatable bonds is 6. The van der Waals surface area contributed by atoms with Gasteiger partial charge >= 0.3 is 0 Å². The first kappa shape index (κ1) is 16.0. The lowest BCUT2D eigenvalue weighted by molar-refractivity contribution is -0.123. The SMILES string of the molecule is Cc1ccc(CC2(NC(=O)C(C)NS(C)(=O)=O)CC2)cc1. The Kier molecular flexibility index (Phi) is 4.39. The molecule has 2 rings (SSSR count). The highest BCUT2D eigenvalue weighted by atomic mass is 32.2. The normalized spacial score (nSPS) is 18.0. The van der Waals surface area contributed by atoms with Crippen molar-refractivity contribution in [2.45, 2.75) is 44.7 Å². The molecule has 1 aromatic carbocycles. The summed E-state index contributed by atoms with van der Waals surface area (Å²) in [7, 11) is -3.38. The first-order chi connectivity index (χ1) is 9.69. The average Bonchev–Trinajstić information content (AvgIpc) is 3.10. The Labute approximate surface area is 126 Å².